The normalized spacial score (nSPS) is 12.0. The Labute approximate surface area is 143 Å². The van der Waals surface area contributed by atoms with Crippen molar-refractivity contribution in [3.05, 3.63) is 82.5 Å². The molecule has 118 valence electrons. The van der Waals surface area contributed by atoms with Gasteiger partial charge in [0.15, 0.2) is 5.78 Å². The third-order valence-corrected chi connectivity index (χ3v) is 3.77. The SMILES string of the molecule is O=C(/C=C\N[C@H](Cc1ccccc1)C(=O)O)c1ccc(Br)cc1. The lowest BCUT2D eigenvalue weighted by atomic mass is 10.1. The second-order valence-electron chi connectivity index (χ2n) is 4.95. The number of halogens is 1. The number of carboxylic acid groups (broad SMARTS) is 1. The average Bonchev–Trinajstić information content (AvgIpc) is 2.55. The molecule has 2 N–H and O–H groups in total. The van der Waals surface area contributed by atoms with E-state index in [1.54, 1.807) is 24.3 Å². The number of carbonyl (C=O) groups is 2. The third-order valence-electron chi connectivity index (χ3n) is 3.24. The summed E-state index contributed by atoms with van der Waals surface area (Å²) < 4.78 is 0.893. The van der Waals surface area contributed by atoms with E-state index in [2.05, 4.69) is 21.2 Å². The van der Waals surface area contributed by atoms with E-state index in [1.165, 1.54) is 12.3 Å². The average molecular weight is 374 g/mol. The maximum absolute atomic E-state index is 12.0. The van der Waals surface area contributed by atoms with Crippen LogP contribution in [0.4, 0.5) is 0 Å². The van der Waals surface area contributed by atoms with Crippen molar-refractivity contribution in [2.24, 2.45) is 0 Å². The first-order valence-corrected chi connectivity index (χ1v) is 7.85. The lowest BCUT2D eigenvalue weighted by molar-refractivity contribution is -0.139. The molecule has 0 saturated carbocycles. The molecule has 4 nitrogen and oxygen atoms in total. The number of nitrogens with one attached hydrogen (secondary N) is 1. The molecular formula is C18H16BrNO3. The van der Waals surface area contributed by atoms with Crippen molar-refractivity contribution >= 4 is 27.7 Å². The summed E-state index contributed by atoms with van der Waals surface area (Å²) in [5.41, 5.74) is 1.46. The highest BCUT2D eigenvalue weighted by atomic mass is 79.9. The zero-order valence-corrected chi connectivity index (χ0v) is 13.9. The van der Waals surface area contributed by atoms with Crippen LogP contribution >= 0.6 is 15.9 Å². The molecule has 0 amide bonds. The Balaban J connectivity index is 1.96. The van der Waals surface area contributed by atoms with Crippen LogP contribution in [0.5, 0.6) is 0 Å². The molecule has 2 aromatic rings. The second kappa shape index (κ2) is 8.29. The van der Waals surface area contributed by atoms with Gasteiger partial charge >= 0.3 is 5.97 Å². The van der Waals surface area contributed by atoms with Crippen LogP contribution in [0, 0.1) is 0 Å². The zero-order chi connectivity index (χ0) is 16.7. The first kappa shape index (κ1) is 17.0. The minimum absolute atomic E-state index is 0.186. The molecule has 0 spiro atoms. The Hall–Kier alpha value is -2.40. The maximum Gasteiger partial charge on any atom is 0.326 e. The van der Waals surface area contributed by atoms with Gasteiger partial charge < -0.3 is 10.4 Å². The maximum atomic E-state index is 12.0. The van der Waals surface area contributed by atoms with Gasteiger partial charge in [-0.3, -0.25) is 4.79 Å². The summed E-state index contributed by atoms with van der Waals surface area (Å²) in [6.45, 7) is 0. The molecule has 0 aromatic heterocycles. The van der Waals surface area contributed by atoms with Gasteiger partial charge in [0.2, 0.25) is 0 Å². The van der Waals surface area contributed by atoms with E-state index in [0.717, 1.165) is 10.0 Å². The highest BCUT2D eigenvalue weighted by Crippen LogP contribution is 2.11. The molecule has 0 saturated heterocycles. The fourth-order valence-corrected chi connectivity index (χ4v) is 2.28. The number of hydrogen-bond donors (Lipinski definition) is 2. The number of hydrogen-bond acceptors (Lipinski definition) is 3. The molecule has 0 aliphatic carbocycles. The molecule has 2 aromatic carbocycles. The van der Waals surface area contributed by atoms with Gasteiger partial charge in [-0.1, -0.05) is 46.3 Å². The fourth-order valence-electron chi connectivity index (χ4n) is 2.02. The molecule has 2 rings (SSSR count). The largest absolute Gasteiger partial charge is 0.480 e. The van der Waals surface area contributed by atoms with Crippen LogP contribution in [-0.4, -0.2) is 22.9 Å². The van der Waals surface area contributed by atoms with Crippen LogP contribution in [0.25, 0.3) is 0 Å². The zero-order valence-electron chi connectivity index (χ0n) is 12.3. The van der Waals surface area contributed by atoms with E-state index >= 15 is 0 Å². The molecule has 1 atom stereocenters. The number of ketones is 1. The Morgan fingerprint density at radius 1 is 1.09 bits per heavy atom. The predicted octanol–water partition coefficient (Wildman–Crippen LogP) is 3.43. The lowest BCUT2D eigenvalue weighted by Gasteiger charge is -2.12. The van der Waals surface area contributed by atoms with E-state index in [1.807, 2.05) is 30.3 Å². The Kier molecular flexibility index (Phi) is 6.11. The number of rotatable bonds is 7. The molecule has 23 heavy (non-hydrogen) atoms. The predicted molar refractivity (Wildman–Crippen MR) is 92.3 cm³/mol. The molecule has 0 radical (unpaired) electrons. The Bertz CT molecular complexity index is 696. The van der Waals surface area contributed by atoms with E-state index in [0.29, 0.717) is 12.0 Å². The topological polar surface area (TPSA) is 66.4 Å². The lowest BCUT2D eigenvalue weighted by Crippen LogP contribution is -2.35. The van der Waals surface area contributed by atoms with Crippen molar-refractivity contribution in [3.63, 3.8) is 0 Å². The summed E-state index contributed by atoms with van der Waals surface area (Å²) in [4.78, 5) is 23.3. The van der Waals surface area contributed by atoms with Crippen molar-refractivity contribution in [2.75, 3.05) is 0 Å². The smallest absolute Gasteiger partial charge is 0.326 e. The standard InChI is InChI=1S/C18H16BrNO3/c19-15-8-6-14(7-9-15)17(21)10-11-20-16(18(22)23)12-13-4-2-1-3-5-13/h1-11,16,20H,12H2,(H,22,23)/b11-10-/t16-/m1/s1. The van der Waals surface area contributed by atoms with Gasteiger partial charge in [0.25, 0.3) is 0 Å². The summed E-state index contributed by atoms with van der Waals surface area (Å²) >= 11 is 3.31. The monoisotopic (exact) mass is 373 g/mol. The summed E-state index contributed by atoms with van der Waals surface area (Å²) in [5.74, 6) is -1.15. The van der Waals surface area contributed by atoms with Gasteiger partial charge in [0.1, 0.15) is 6.04 Å². The van der Waals surface area contributed by atoms with Crippen molar-refractivity contribution in [1.82, 2.24) is 5.32 Å². The van der Waals surface area contributed by atoms with Crippen LogP contribution in [-0.2, 0) is 11.2 Å². The van der Waals surface area contributed by atoms with Gasteiger partial charge in [-0.2, -0.15) is 0 Å². The van der Waals surface area contributed by atoms with Gasteiger partial charge in [-0.15, -0.1) is 0 Å². The van der Waals surface area contributed by atoms with Crippen LogP contribution in [0.3, 0.4) is 0 Å². The van der Waals surface area contributed by atoms with E-state index in [-0.39, 0.29) is 5.78 Å². The fraction of sp³-hybridized carbons (Fsp3) is 0.111. The highest BCUT2D eigenvalue weighted by Gasteiger charge is 2.15. The summed E-state index contributed by atoms with van der Waals surface area (Å²) in [6, 6.07) is 15.5. The highest BCUT2D eigenvalue weighted by molar-refractivity contribution is 9.10. The second-order valence-corrected chi connectivity index (χ2v) is 5.87. The van der Waals surface area contributed by atoms with Crippen LogP contribution < -0.4 is 5.32 Å². The third kappa shape index (κ3) is 5.38. The van der Waals surface area contributed by atoms with Crippen molar-refractivity contribution in [1.29, 1.82) is 0 Å². The Morgan fingerprint density at radius 3 is 2.35 bits per heavy atom. The minimum Gasteiger partial charge on any atom is -0.480 e. The first-order chi connectivity index (χ1) is 11.1. The molecule has 0 aliphatic heterocycles. The molecule has 5 heteroatoms. The molecule has 0 bridgehead atoms. The summed E-state index contributed by atoms with van der Waals surface area (Å²) in [5, 5.41) is 12.0. The van der Waals surface area contributed by atoms with Crippen LogP contribution in [0.2, 0.25) is 0 Å². The number of carbonyl (C=O) groups excluding carboxylic acids is 1. The van der Waals surface area contributed by atoms with Crippen molar-refractivity contribution in [3.8, 4) is 0 Å². The van der Waals surface area contributed by atoms with Crippen molar-refractivity contribution < 1.29 is 14.7 Å². The molecule has 0 heterocycles. The van der Waals surface area contributed by atoms with Gasteiger partial charge in [-0.25, -0.2) is 4.79 Å². The number of benzene rings is 2. The molecular weight excluding hydrogens is 358 g/mol. The van der Waals surface area contributed by atoms with Crippen LogP contribution in [0.15, 0.2) is 71.3 Å². The summed E-state index contributed by atoms with van der Waals surface area (Å²) in [6.07, 6.45) is 3.07. The number of aliphatic carboxylic acids is 1. The van der Waals surface area contributed by atoms with Crippen LogP contribution in [0.1, 0.15) is 15.9 Å². The first-order valence-electron chi connectivity index (χ1n) is 7.05. The van der Waals surface area contributed by atoms with Gasteiger partial charge in [-0.05, 0) is 29.8 Å². The van der Waals surface area contributed by atoms with E-state index in [9.17, 15) is 14.7 Å². The number of allylic oxidation sites excluding steroid dienone is 1. The summed E-state index contributed by atoms with van der Waals surface area (Å²) in [7, 11) is 0. The van der Waals surface area contributed by atoms with E-state index in [4.69, 9.17) is 0 Å². The minimum atomic E-state index is -0.963. The molecule has 0 fully saturated rings. The number of carboxylic acids is 1. The van der Waals surface area contributed by atoms with Crippen molar-refractivity contribution in [2.45, 2.75) is 12.5 Å². The molecule has 0 aliphatic rings. The van der Waals surface area contributed by atoms with E-state index < -0.39 is 12.0 Å². The van der Waals surface area contributed by atoms with Gasteiger partial charge in [0.05, 0.1) is 0 Å². The quantitative estimate of drug-likeness (QED) is 0.576. The Morgan fingerprint density at radius 2 is 1.74 bits per heavy atom. The van der Waals surface area contributed by atoms with Gasteiger partial charge in [0, 0.05) is 28.7 Å². The molecule has 0 unspecified atom stereocenters.